The maximum atomic E-state index is 14.5. The summed E-state index contributed by atoms with van der Waals surface area (Å²) in [5, 5.41) is 12.3. The average molecular weight is 342 g/mol. The van der Waals surface area contributed by atoms with Gasteiger partial charge in [0.15, 0.2) is 11.7 Å². The zero-order valence-electron chi connectivity index (χ0n) is 12.9. The highest BCUT2D eigenvalue weighted by Gasteiger charge is 2.15. The molecule has 0 amide bonds. The van der Waals surface area contributed by atoms with Crippen molar-refractivity contribution in [2.45, 2.75) is 17.6 Å². The molecule has 122 valence electrons. The number of halogens is 1. The molecule has 3 rings (SSSR count). The number of benzene rings is 2. The van der Waals surface area contributed by atoms with Gasteiger partial charge in [-0.05, 0) is 24.6 Å². The second-order valence-electron chi connectivity index (χ2n) is 5.18. The number of hydrogen-bond donors (Lipinski definition) is 2. The molecule has 0 saturated carbocycles. The molecule has 0 spiro atoms. The molecule has 0 unspecified atom stereocenters. The van der Waals surface area contributed by atoms with Crippen molar-refractivity contribution in [2.75, 3.05) is 0 Å². The molecule has 0 aliphatic rings. The minimum absolute atomic E-state index is 0.160. The number of aromatic nitrogens is 2. The van der Waals surface area contributed by atoms with E-state index in [1.807, 2.05) is 30.3 Å². The Morgan fingerprint density at radius 3 is 2.71 bits per heavy atom. The summed E-state index contributed by atoms with van der Waals surface area (Å²) in [4.78, 5) is 9.02. The Labute approximate surface area is 142 Å². The van der Waals surface area contributed by atoms with Gasteiger partial charge in [0.25, 0.3) is 0 Å². The Morgan fingerprint density at radius 1 is 1.25 bits per heavy atom. The highest BCUT2D eigenvalue weighted by Crippen LogP contribution is 2.29. The summed E-state index contributed by atoms with van der Waals surface area (Å²) in [5.74, 6) is 0.431. The molecule has 0 bridgehead atoms. The number of amidine groups is 1. The lowest BCUT2D eigenvalue weighted by atomic mass is 10.1. The van der Waals surface area contributed by atoms with E-state index in [2.05, 4.69) is 15.1 Å². The maximum absolute atomic E-state index is 14.5. The van der Waals surface area contributed by atoms with Crippen molar-refractivity contribution in [1.29, 1.82) is 0 Å². The monoisotopic (exact) mass is 342 g/mol. The summed E-state index contributed by atoms with van der Waals surface area (Å²) in [5.41, 5.74) is 7.20. The van der Waals surface area contributed by atoms with Gasteiger partial charge in [0.1, 0.15) is 17.0 Å². The van der Waals surface area contributed by atoms with Crippen LogP contribution in [0.5, 0.6) is 0 Å². The average Bonchev–Trinajstić information content (AvgIpc) is 2.60. The predicted molar refractivity (Wildman–Crippen MR) is 92.7 cm³/mol. The second kappa shape index (κ2) is 6.84. The molecule has 2 aromatic carbocycles. The van der Waals surface area contributed by atoms with E-state index in [-0.39, 0.29) is 17.0 Å². The quantitative estimate of drug-likeness (QED) is 0.249. The summed E-state index contributed by atoms with van der Waals surface area (Å²) in [6, 6.07) is 13.1. The molecule has 1 aromatic heterocycles. The fraction of sp³-hybridized carbons (Fsp3) is 0.118. The molecule has 0 atom stereocenters. The van der Waals surface area contributed by atoms with Crippen LogP contribution < -0.4 is 5.73 Å². The first-order valence-electron chi connectivity index (χ1n) is 7.21. The molecule has 0 radical (unpaired) electrons. The zero-order chi connectivity index (χ0) is 17.1. The van der Waals surface area contributed by atoms with Crippen LogP contribution in [0.3, 0.4) is 0 Å². The zero-order valence-corrected chi connectivity index (χ0v) is 13.7. The third-order valence-corrected chi connectivity index (χ3v) is 4.48. The van der Waals surface area contributed by atoms with Gasteiger partial charge in [0.2, 0.25) is 0 Å². The van der Waals surface area contributed by atoms with Crippen molar-refractivity contribution in [2.24, 2.45) is 10.9 Å². The van der Waals surface area contributed by atoms with Crippen molar-refractivity contribution in [1.82, 2.24) is 9.97 Å². The van der Waals surface area contributed by atoms with Gasteiger partial charge < -0.3 is 10.9 Å². The lowest BCUT2D eigenvalue weighted by Crippen LogP contribution is -2.17. The van der Waals surface area contributed by atoms with Crippen LogP contribution in [0.4, 0.5) is 4.39 Å². The third kappa shape index (κ3) is 3.30. The Balaban J connectivity index is 2.03. The van der Waals surface area contributed by atoms with Gasteiger partial charge in [0, 0.05) is 16.0 Å². The lowest BCUT2D eigenvalue weighted by Gasteiger charge is -2.09. The van der Waals surface area contributed by atoms with Crippen LogP contribution in [0.1, 0.15) is 17.1 Å². The van der Waals surface area contributed by atoms with Crippen molar-refractivity contribution in [3.8, 4) is 0 Å². The predicted octanol–water partition coefficient (Wildman–Crippen LogP) is 3.46. The first-order valence-corrected chi connectivity index (χ1v) is 8.19. The van der Waals surface area contributed by atoms with E-state index in [1.54, 1.807) is 13.0 Å². The van der Waals surface area contributed by atoms with Gasteiger partial charge in [0.05, 0.1) is 0 Å². The molecular weight excluding hydrogens is 327 g/mol. The lowest BCUT2D eigenvalue weighted by molar-refractivity contribution is 0.318. The molecule has 5 nitrogen and oxygen atoms in total. The Kier molecular flexibility index (Phi) is 4.61. The van der Waals surface area contributed by atoms with Crippen LogP contribution in [0.25, 0.3) is 10.9 Å². The van der Waals surface area contributed by atoms with E-state index in [0.717, 1.165) is 10.5 Å². The smallest absolute Gasteiger partial charge is 0.189 e. The second-order valence-corrected chi connectivity index (χ2v) is 6.23. The number of nitrogens with zero attached hydrogens (tertiary/aromatic N) is 3. The van der Waals surface area contributed by atoms with Crippen LogP contribution >= 0.6 is 11.8 Å². The van der Waals surface area contributed by atoms with Crippen LogP contribution in [0, 0.1) is 12.7 Å². The highest BCUT2D eigenvalue weighted by molar-refractivity contribution is 7.98. The fourth-order valence-corrected chi connectivity index (χ4v) is 3.26. The molecule has 7 heteroatoms. The van der Waals surface area contributed by atoms with Gasteiger partial charge in [-0.15, -0.1) is 11.8 Å². The molecular formula is C17H15FN4OS. The van der Waals surface area contributed by atoms with Crippen molar-refractivity contribution in [3.05, 3.63) is 65.4 Å². The summed E-state index contributed by atoms with van der Waals surface area (Å²) in [7, 11) is 0. The molecule has 3 aromatic rings. The van der Waals surface area contributed by atoms with Gasteiger partial charge in [-0.2, -0.15) is 0 Å². The SMILES string of the molecule is Cc1nc(C(N)=NO)c2cc(SCc3ccccc3)cc(F)c2n1. The summed E-state index contributed by atoms with van der Waals surface area (Å²) in [6.45, 7) is 1.63. The van der Waals surface area contributed by atoms with Crippen LogP contribution in [-0.2, 0) is 5.75 Å². The maximum Gasteiger partial charge on any atom is 0.189 e. The topological polar surface area (TPSA) is 84.4 Å². The van der Waals surface area contributed by atoms with E-state index < -0.39 is 5.82 Å². The van der Waals surface area contributed by atoms with Gasteiger partial charge in [-0.25, -0.2) is 14.4 Å². The summed E-state index contributed by atoms with van der Waals surface area (Å²) in [6.07, 6.45) is 0. The Hall–Kier alpha value is -2.67. The number of aryl methyl sites for hydroxylation is 1. The van der Waals surface area contributed by atoms with Crippen LogP contribution in [0.15, 0.2) is 52.5 Å². The first kappa shape index (κ1) is 16.2. The van der Waals surface area contributed by atoms with E-state index >= 15 is 0 Å². The molecule has 0 saturated heterocycles. The molecule has 1 heterocycles. The fourth-order valence-electron chi connectivity index (χ4n) is 2.34. The normalized spacial score (nSPS) is 11.8. The van der Waals surface area contributed by atoms with Crippen molar-refractivity contribution < 1.29 is 9.60 Å². The van der Waals surface area contributed by atoms with Gasteiger partial charge in [-0.3, -0.25) is 0 Å². The summed E-state index contributed by atoms with van der Waals surface area (Å²) < 4.78 is 14.5. The minimum Gasteiger partial charge on any atom is -0.409 e. The molecule has 0 fully saturated rings. The standard InChI is InChI=1S/C17H15FN4OS/c1-10-20-15-13(16(21-10)17(19)22-23)7-12(8-14(15)18)24-9-11-5-3-2-4-6-11/h2-8,23H,9H2,1H3,(H2,19,22). The summed E-state index contributed by atoms with van der Waals surface area (Å²) >= 11 is 1.50. The van der Waals surface area contributed by atoms with E-state index in [1.165, 1.54) is 17.8 Å². The molecule has 0 aliphatic carbocycles. The number of hydrogen-bond acceptors (Lipinski definition) is 5. The van der Waals surface area contributed by atoms with Crippen LogP contribution in [0.2, 0.25) is 0 Å². The molecule has 0 aliphatic heterocycles. The minimum atomic E-state index is -0.458. The Morgan fingerprint density at radius 2 is 2.00 bits per heavy atom. The van der Waals surface area contributed by atoms with Crippen molar-refractivity contribution in [3.63, 3.8) is 0 Å². The highest BCUT2D eigenvalue weighted by atomic mass is 32.2. The number of thioether (sulfide) groups is 1. The van der Waals surface area contributed by atoms with Crippen molar-refractivity contribution >= 4 is 28.5 Å². The largest absolute Gasteiger partial charge is 0.409 e. The number of nitrogens with two attached hydrogens (primary N) is 1. The number of rotatable bonds is 4. The first-order chi connectivity index (χ1) is 11.6. The molecule has 3 N–H and O–H groups in total. The Bertz CT molecular complexity index is 915. The van der Waals surface area contributed by atoms with Crippen LogP contribution in [-0.4, -0.2) is 21.0 Å². The number of oxime groups is 1. The molecule has 24 heavy (non-hydrogen) atoms. The third-order valence-electron chi connectivity index (χ3n) is 3.44. The van der Waals surface area contributed by atoms with E-state index in [4.69, 9.17) is 10.9 Å². The van der Waals surface area contributed by atoms with E-state index in [9.17, 15) is 4.39 Å². The van der Waals surface area contributed by atoms with E-state index in [0.29, 0.717) is 17.0 Å². The number of fused-ring (bicyclic) bond motifs is 1. The van der Waals surface area contributed by atoms with Gasteiger partial charge in [-0.1, -0.05) is 35.5 Å². The van der Waals surface area contributed by atoms with Gasteiger partial charge >= 0.3 is 0 Å².